The lowest BCUT2D eigenvalue weighted by molar-refractivity contribution is 0.120. The Morgan fingerprint density at radius 3 is 1.27 bits per heavy atom. The minimum Gasteiger partial charge on any atom is -0.507 e. The van der Waals surface area contributed by atoms with Gasteiger partial charge in [0.1, 0.15) is 11.5 Å². The SMILES string of the molecule is CC(C)(C)c1cccc(CN2CCN(Cc3cccc(C(C)(C)C)c3O)CC2)c1O. The van der Waals surface area contributed by atoms with Crippen LogP contribution in [0.2, 0.25) is 0 Å². The topological polar surface area (TPSA) is 46.9 Å². The van der Waals surface area contributed by atoms with Crippen molar-refractivity contribution in [3.8, 4) is 11.5 Å². The molecule has 1 aliphatic rings. The standard InChI is InChI=1S/C26H38N2O2/c1-25(2,3)21-11-7-9-19(23(21)29)17-27-13-15-28(16-14-27)18-20-10-8-12-22(24(20)30)26(4,5)6/h7-12,29-30H,13-18H2,1-6H3. The van der Waals surface area contributed by atoms with Crippen molar-refractivity contribution < 1.29 is 10.2 Å². The van der Waals surface area contributed by atoms with Gasteiger partial charge in [-0.25, -0.2) is 0 Å². The van der Waals surface area contributed by atoms with Crippen molar-refractivity contribution in [2.24, 2.45) is 0 Å². The molecule has 1 saturated heterocycles. The van der Waals surface area contributed by atoms with Gasteiger partial charge >= 0.3 is 0 Å². The second-order valence-corrected chi connectivity index (χ2v) is 10.7. The van der Waals surface area contributed by atoms with Crippen molar-refractivity contribution >= 4 is 0 Å². The van der Waals surface area contributed by atoms with Crippen LogP contribution in [0.5, 0.6) is 11.5 Å². The normalized spacial score (nSPS) is 16.7. The fraction of sp³-hybridized carbons (Fsp3) is 0.538. The first-order chi connectivity index (χ1) is 14.0. The van der Waals surface area contributed by atoms with Gasteiger partial charge in [-0.3, -0.25) is 9.80 Å². The van der Waals surface area contributed by atoms with Gasteiger partial charge in [0.15, 0.2) is 0 Å². The van der Waals surface area contributed by atoms with Crippen LogP contribution in [0.4, 0.5) is 0 Å². The van der Waals surface area contributed by atoms with Crippen LogP contribution >= 0.6 is 0 Å². The Hall–Kier alpha value is -2.04. The van der Waals surface area contributed by atoms with E-state index in [0.717, 1.165) is 61.5 Å². The number of para-hydroxylation sites is 2. The van der Waals surface area contributed by atoms with Crippen LogP contribution in [0, 0.1) is 0 Å². The van der Waals surface area contributed by atoms with E-state index in [1.807, 2.05) is 24.3 Å². The number of rotatable bonds is 4. The predicted octanol–water partition coefficient (Wildman–Crippen LogP) is 5.01. The molecule has 0 atom stereocenters. The maximum absolute atomic E-state index is 10.8. The fourth-order valence-electron chi connectivity index (χ4n) is 4.24. The van der Waals surface area contributed by atoms with E-state index in [1.54, 1.807) is 0 Å². The van der Waals surface area contributed by atoms with Gasteiger partial charge < -0.3 is 10.2 Å². The van der Waals surface area contributed by atoms with Crippen molar-refractivity contribution in [1.29, 1.82) is 0 Å². The Balaban J connectivity index is 1.62. The number of hydrogen-bond acceptors (Lipinski definition) is 4. The molecule has 0 aliphatic carbocycles. The zero-order chi connectivity index (χ0) is 22.1. The smallest absolute Gasteiger partial charge is 0.123 e. The van der Waals surface area contributed by atoms with Crippen LogP contribution in [0.25, 0.3) is 0 Å². The molecule has 30 heavy (non-hydrogen) atoms. The number of piperazine rings is 1. The molecule has 0 saturated carbocycles. The quantitative estimate of drug-likeness (QED) is 0.744. The zero-order valence-electron chi connectivity index (χ0n) is 19.5. The predicted molar refractivity (Wildman–Crippen MR) is 124 cm³/mol. The van der Waals surface area contributed by atoms with E-state index in [9.17, 15) is 10.2 Å². The van der Waals surface area contributed by atoms with Crippen molar-refractivity contribution in [1.82, 2.24) is 9.80 Å². The highest BCUT2D eigenvalue weighted by Crippen LogP contribution is 2.35. The van der Waals surface area contributed by atoms with Gasteiger partial charge in [0.2, 0.25) is 0 Å². The number of phenolic OH excluding ortho intramolecular Hbond substituents is 2. The van der Waals surface area contributed by atoms with E-state index >= 15 is 0 Å². The van der Waals surface area contributed by atoms with E-state index < -0.39 is 0 Å². The van der Waals surface area contributed by atoms with Gasteiger partial charge in [-0.1, -0.05) is 77.9 Å². The van der Waals surface area contributed by atoms with Gasteiger partial charge in [0.25, 0.3) is 0 Å². The summed E-state index contributed by atoms with van der Waals surface area (Å²) in [7, 11) is 0. The highest BCUT2D eigenvalue weighted by atomic mass is 16.3. The molecule has 164 valence electrons. The number of aromatic hydroxyl groups is 2. The molecule has 0 amide bonds. The Labute approximate surface area is 182 Å². The summed E-state index contributed by atoms with van der Waals surface area (Å²) in [6, 6.07) is 12.2. The summed E-state index contributed by atoms with van der Waals surface area (Å²) in [5.41, 5.74) is 3.89. The Kier molecular flexibility index (Phi) is 6.49. The molecule has 0 radical (unpaired) electrons. The monoisotopic (exact) mass is 410 g/mol. The van der Waals surface area contributed by atoms with Crippen molar-refractivity contribution in [3.05, 3.63) is 58.7 Å². The third-order valence-corrected chi connectivity index (χ3v) is 6.11. The minimum absolute atomic E-state index is 0.0671. The van der Waals surface area contributed by atoms with Gasteiger partial charge in [0.05, 0.1) is 0 Å². The van der Waals surface area contributed by atoms with E-state index in [0.29, 0.717) is 11.5 Å². The molecular weight excluding hydrogens is 372 g/mol. The minimum atomic E-state index is -0.0671. The second-order valence-electron chi connectivity index (χ2n) is 10.7. The van der Waals surface area contributed by atoms with Crippen LogP contribution in [-0.4, -0.2) is 46.2 Å². The molecular formula is C26H38N2O2. The summed E-state index contributed by atoms with van der Waals surface area (Å²) in [5, 5.41) is 21.5. The Morgan fingerprint density at radius 2 is 0.967 bits per heavy atom. The lowest BCUT2D eigenvalue weighted by Crippen LogP contribution is -2.45. The number of hydrogen-bond donors (Lipinski definition) is 2. The molecule has 0 spiro atoms. The number of phenols is 2. The van der Waals surface area contributed by atoms with E-state index in [1.165, 1.54) is 0 Å². The first-order valence-electron chi connectivity index (χ1n) is 11.0. The largest absolute Gasteiger partial charge is 0.507 e. The van der Waals surface area contributed by atoms with E-state index in [-0.39, 0.29) is 10.8 Å². The highest BCUT2D eigenvalue weighted by Gasteiger charge is 2.24. The molecule has 1 fully saturated rings. The van der Waals surface area contributed by atoms with Crippen molar-refractivity contribution in [3.63, 3.8) is 0 Å². The third kappa shape index (κ3) is 5.16. The van der Waals surface area contributed by atoms with Gasteiger partial charge in [-0.2, -0.15) is 0 Å². The summed E-state index contributed by atoms with van der Waals surface area (Å²) >= 11 is 0. The molecule has 2 N–H and O–H groups in total. The lowest BCUT2D eigenvalue weighted by Gasteiger charge is -2.35. The van der Waals surface area contributed by atoms with Gasteiger partial charge in [-0.05, 0) is 22.0 Å². The molecule has 1 aliphatic heterocycles. The average Bonchev–Trinajstić information content (AvgIpc) is 2.64. The molecule has 4 heteroatoms. The summed E-state index contributed by atoms with van der Waals surface area (Å²) in [4.78, 5) is 4.81. The van der Waals surface area contributed by atoms with Crippen LogP contribution in [-0.2, 0) is 23.9 Å². The Morgan fingerprint density at radius 1 is 0.633 bits per heavy atom. The van der Waals surface area contributed by atoms with Crippen LogP contribution in [0.3, 0.4) is 0 Å². The Bertz CT molecular complexity index is 796. The number of nitrogens with zero attached hydrogens (tertiary/aromatic N) is 2. The van der Waals surface area contributed by atoms with E-state index in [4.69, 9.17) is 0 Å². The van der Waals surface area contributed by atoms with Crippen LogP contribution in [0.1, 0.15) is 63.8 Å². The molecule has 0 aromatic heterocycles. The first kappa shape index (κ1) is 22.6. The summed E-state index contributed by atoms with van der Waals surface area (Å²) in [5.74, 6) is 0.882. The first-order valence-corrected chi connectivity index (χ1v) is 11.0. The third-order valence-electron chi connectivity index (χ3n) is 6.11. The van der Waals surface area contributed by atoms with Crippen LogP contribution in [0.15, 0.2) is 36.4 Å². The molecule has 3 rings (SSSR count). The van der Waals surface area contributed by atoms with E-state index in [2.05, 4.69) is 63.5 Å². The average molecular weight is 411 g/mol. The molecule has 2 aromatic carbocycles. The number of benzene rings is 2. The maximum Gasteiger partial charge on any atom is 0.123 e. The maximum atomic E-state index is 10.8. The zero-order valence-corrected chi connectivity index (χ0v) is 19.5. The van der Waals surface area contributed by atoms with Crippen molar-refractivity contribution in [2.45, 2.75) is 65.5 Å². The summed E-state index contributed by atoms with van der Waals surface area (Å²) in [6.45, 7) is 18.2. The second kappa shape index (κ2) is 8.60. The summed E-state index contributed by atoms with van der Waals surface area (Å²) in [6.07, 6.45) is 0. The molecule has 2 aromatic rings. The molecule has 0 unspecified atom stereocenters. The van der Waals surface area contributed by atoms with Crippen molar-refractivity contribution in [2.75, 3.05) is 26.2 Å². The fourth-order valence-corrected chi connectivity index (χ4v) is 4.24. The highest BCUT2D eigenvalue weighted by molar-refractivity contribution is 5.45. The van der Waals surface area contributed by atoms with Gasteiger partial charge in [-0.15, -0.1) is 0 Å². The lowest BCUT2D eigenvalue weighted by atomic mass is 9.85. The van der Waals surface area contributed by atoms with Gasteiger partial charge in [0, 0.05) is 50.4 Å². The summed E-state index contributed by atoms with van der Waals surface area (Å²) < 4.78 is 0. The molecule has 4 nitrogen and oxygen atoms in total. The molecule has 1 heterocycles. The van der Waals surface area contributed by atoms with Crippen LogP contribution < -0.4 is 0 Å². The molecule has 0 bridgehead atoms.